The van der Waals surface area contributed by atoms with Crippen LogP contribution in [0.5, 0.6) is 0 Å². The number of nitrogens with one attached hydrogen (secondary N) is 1. The van der Waals surface area contributed by atoms with Gasteiger partial charge in [-0.25, -0.2) is 0 Å². The molecule has 0 fully saturated rings. The van der Waals surface area contributed by atoms with Crippen LogP contribution in [-0.4, -0.2) is 26.4 Å². The number of carbonyl (C=O) groups excluding carboxylic acids is 1. The number of para-hydroxylation sites is 1. The molecule has 0 aliphatic carbocycles. The lowest BCUT2D eigenvalue weighted by atomic mass is 10.2. The number of rotatable bonds is 8. The molecular formula is C24H20Cl2N4OS2. The number of aryl methyl sites for hydroxylation is 1. The summed E-state index contributed by atoms with van der Waals surface area (Å²) in [5.74, 6) is 1.41. The number of amides is 1. The average Bonchev–Trinajstić information content (AvgIpc) is 3.23. The molecule has 1 heterocycles. The summed E-state index contributed by atoms with van der Waals surface area (Å²) in [6.45, 7) is 2.07. The zero-order valence-electron chi connectivity index (χ0n) is 17.7. The first-order valence-electron chi connectivity index (χ1n) is 10.1. The van der Waals surface area contributed by atoms with Crippen LogP contribution < -0.4 is 5.32 Å². The van der Waals surface area contributed by atoms with Crippen molar-refractivity contribution >= 4 is 58.3 Å². The lowest BCUT2D eigenvalue weighted by molar-refractivity contribution is -0.113. The van der Waals surface area contributed by atoms with E-state index < -0.39 is 0 Å². The van der Waals surface area contributed by atoms with Gasteiger partial charge in [-0.2, -0.15) is 0 Å². The van der Waals surface area contributed by atoms with Crippen molar-refractivity contribution < 1.29 is 4.79 Å². The van der Waals surface area contributed by atoms with Gasteiger partial charge in [-0.1, -0.05) is 70.9 Å². The Bertz CT molecular complexity index is 1250. The highest BCUT2D eigenvalue weighted by atomic mass is 35.5. The quantitative estimate of drug-likeness (QED) is 0.259. The lowest BCUT2D eigenvalue weighted by Gasteiger charge is -2.11. The number of hydrogen-bond donors (Lipinski definition) is 1. The Morgan fingerprint density at radius 1 is 0.970 bits per heavy atom. The zero-order chi connectivity index (χ0) is 23.2. The Labute approximate surface area is 210 Å². The van der Waals surface area contributed by atoms with Gasteiger partial charge in [-0.15, -0.1) is 22.0 Å². The van der Waals surface area contributed by atoms with Crippen molar-refractivity contribution in [1.82, 2.24) is 14.8 Å². The van der Waals surface area contributed by atoms with Crippen molar-refractivity contribution in [2.75, 3.05) is 11.1 Å². The molecule has 0 spiro atoms. The van der Waals surface area contributed by atoms with Crippen molar-refractivity contribution in [3.05, 3.63) is 94.2 Å². The number of aromatic nitrogens is 3. The number of benzene rings is 3. The van der Waals surface area contributed by atoms with Crippen LogP contribution in [0.1, 0.15) is 11.4 Å². The van der Waals surface area contributed by atoms with E-state index in [4.69, 9.17) is 23.2 Å². The molecule has 4 aromatic rings. The predicted octanol–water partition coefficient (Wildman–Crippen LogP) is 6.91. The van der Waals surface area contributed by atoms with Gasteiger partial charge in [-0.05, 0) is 49.4 Å². The van der Waals surface area contributed by atoms with Crippen LogP contribution in [0, 0.1) is 6.92 Å². The van der Waals surface area contributed by atoms with Gasteiger partial charge in [0.25, 0.3) is 0 Å². The van der Waals surface area contributed by atoms with E-state index in [-0.39, 0.29) is 11.7 Å². The summed E-state index contributed by atoms with van der Waals surface area (Å²) in [7, 11) is 0. The van der Waals surface area contributed by atoms with Gasteiger partial charge in [0, 0.05) is 15.6 Å². The minimum absolute atomic E-state index is 0.152. The summed E-state index contributed by atoms with van der Waals surface area (Å²) in [4.78, 5) is 13.7. The van der Waals surface area contributed by atoms with Gasteiger partial charge in [0.2, 0.25) is 5.91 Å². The third kappa shape index (κ3) is 6.32. The van der Waals surface area contributed by atoms with Crippen molar-refractivity contribution in [1.29, 1.82) is 0 Å². The van der Waals surface area contributed by atoms with Crippen LogP contribution in [0.25, 0.3) is 5.69 Å². The first-order valence-corrected chi connectivity index (χ1v) is 12.8. The molecule has 0 saturated heterocycles. The van der Waals surface area contributed by atoms with Crippen LogP contribution in [0.15, 0.2) is 82.8 Å². The summed E-state index contributed by atoms with van der Waals surface area (Å²) in [5, 5.41) is 13.2. The van der Waals surface area contributed by atoms with E-state index in [0.29, 0.717) is 26.6 Å². The molecule has 33 heavy (non-hydrogen) atoms. The van der Waals surface area contributed by atoms with Crippen molar-refractivity contribution in [2.45, 2.75) is 22.7 Å². The van der Waals surface area contributed by atoms with Gasteiger partial charge >= 0.3 is 0 Å². The second-order valence-corrected chi connectivity index (χ2v) is 9.97. The molecule has 0 atom stereocenters. The SMILES string of the molecule is Cc1ccc(SCc2nnc(SCC(=O)Nc3cc(Cl)ccc3Cl)n2-c2ccccc2)cc1. The second kappa shape index (κ2) is 11.1. The van der Waals surface area contributed by atoms with Crippen LogP contribution in [0.3, 0.4) is 0 Å². The Kier molecular flexibility index (Phi) is 7.98. The van der Waals surface area contributed by atoms with E-state index in [1.807, 2.05) is 34.9 Å². The number of hydrogen-bond acceptors (Lipinski definition) is 5. The highest BCUT2D eigenvalue weighted by Crippen LogP contribution is 2.29. The van der Waals surface area contributed by atoms with Crippen LogP contribution in [-0.2, 0) is 10.5 Å². The molecule has 1 aromatic heterocycles. The van der Waals surface area contributed by atoms with Crippen molar-refractivity contribution in [3.8, 4) is 5.69 Å². The Balaban J connectivity index is 1.49. The molecule has 0 aliphatic rings. The maximum atomic E-state index is 12.5. The van der Waals surface area contributed by atoms with E-state index in [9.17, 15) is 4.79 Å². The highest BCUT2D eigenvalue weighted by molar-refractivity contribution is 7.99. The van der Waals surface area contributed by atoms with Gasteiger partial charge < -0.3 is 5.32 Å². The molecule has 168 valence electrons. The van der Waals surface area contributed by atoms with E-state index in [1.165, 1.54) is 17.3 Å². The first kappa shape index (κ1) is 23.7. The summed E-state index contributed by atoms with van der Waals surface area (Å²) < 4.78 is 1.99. The minimum Gasteiger partial charge on any atom is -0.324 e. The molecule has 4 rings (SSSR count). The number of halogens is 2. The lowest BCUT2D eigenvalue weighted by Crippen LogP contribution is -2.15. The van der Waals surface area contributed by atoms with Crippen molar-refractivity contribution in [2.24, 2.45) is 0 Å². The summed E-state index contributed by atoms with van der Waals surface area (Å²) >= 11 is 15.2. The van der Waals surface area contributed by atoms with Gasteiger partial charge in [0.05, 0.1) is 22.2 Å². The van der Waals surface area contributed by atoms with E-state index in [1.54, 1.807) is 30.0 Å². The summed E-state index contributed by atoms with van der Waals surface area (Å²) in [5.41, 5.74) is 2.65. The molecule has 1 N–H and O–H groups in total. The molecule has 1 amide bonds. The van der Waals surface area contributed by atoms with E-state index in [2.05, 4.69) is 46.7 Å². The Hall–Kier alpha value is -2.45. The third-order valence-corrected chi connectivity index (χ3v) is 7.14. The molecular weight excluding hydrogens is 495 g/mol. The third-order valence-electron chi connectivity index (χ3n) is 4.64. The fourth-order valence-corrected chi connectivity index (χ4v) is 4.93. The highest BCUT2D eigenvalue weighted by Gasteiger charge is 2.17. The molecule has 0 aliphatic heterocycles. The van der Waals surface area contributed by atoms with E-state index in [0.717, 1.165) is 16.4 Å². The molecule has 0 saturated carbocycles. The maximum absolute atomic E-state index is 12.5. The van der Waals surface area contributed by atoms with Gasteiger partial charge in [0.1, 0.15) is 5.82 Å². The molecule has 3 aromatic carbocycles. The molecule has 5 nitrogen and oxygen atoms in total. The number of nitrogens with zero attached hydrogens (tertiary/aromatic N) is 3. The van der Waals surface area contributed by atoms with Crippen molar-refractivity contribution in [3.63, 3.8) is 0 Å². The molecule has 0 radical (unpaired) electrons. The Morgan fingerprint density at radius 2 is 1.73 bits per heavy atom. The van der Waals surface area contributed by atoms with Gasteiger partial charge in [0.15, 0.2) is 5.16 Å². The number of carbonyl (C=O) groups is 1. The fourth-order valence-electron chi connectivity index (χ4n) is 3.02. The monoisotopic (exact) mass is 514 g/mol. The molecule has 0 unspecified atom stereocenters. The van der Waals surface area contributed by atoms with E-state index >= 15 is 0 Å². The summed E-state index contributed by atoms with van der Waals surface area (Å²) in [6.07, 6.45) is 0. The van der Waals surface area contributed by atoms with Crippen LogP contribution in [0.4, 0.5) is 5.69 Å². The minimum atomic E-state index is -0.206. The zero-order valence-corrected chi connectivity index (χ0v) is 20.8. The molecule has 9 heteroatoms. The maximum Gasteiger partial charge on any atom is 0.234 e. The normalized spacial score (nSPS) is 10.9. The average molecular weight is 515 g/mol. The van der Waals surface area contributed by atoms with Crippen LogP contribution >= 0.6 is 46.7 Å². The number of anilines is 1. The standard InChI is InChI=1S/C24H20Cl2N4OS2/c1-16-7-10-19(11-8-16)32-14-22-28-29-24(30(22)18-5-3-2-4-6-18)33-15-23(31)27-21-13-17(25)9-12-20(21)26/h2-13H,14-15H2,1H3,(H,27,31). The number of thioether (sulfide) groups is 2. The van der Waals surface area contributed by atoms with Crippen LogP contribution in [0.2, 0.25) is 10.0 Å². The predicted molar refractivity (Wildman–Crippen MR) is 138 cm³/mol. The Morgan fingerprint density at radius 3 is 2.48 bits per heavy atom. The summed E-state index contributed by atoms with van der Waals surface area (Å²) in [6, 6.07) is 23.2. The van der Waals surface area contributed by atoms with Gasteiger partial charge in [-0.3, -0.25) is 9.36 Å². The second-order valence-electron chi connectivity index (χ2n) is 7.13. The fraction of sp³-hybridized carbons (Fsp3) is 0.125. The first-order chi connectivity index (χ1) is 16.0. The smallest absolute Gasteiger partial charge is 0.234 e. The molecule has 0 bridgehead atoms. The largest absolute Gasteiger partial charge is 0.324 e. The topological polar surface area (TPSA) is 59.8 Å².